The van der Waals surface area contributed by atoms with Crippen molar-refractivity contribution in [3.63, 3.8) is 0 Å². The predicted octanol–water partition coefficient (Wildman–Crippen LogP) is 3.41. The number of carbonyl (C=O) groups excluding carboxylic acids is 1. The molecular weight excluding hydrogens is 409 g/mol. The number of halogens is 3. The zero-order valence-electron chi connectivity index (χ0n) is 16.4. The maximum atomic E-state index is 13.2. The van der Waals surface area contributed by atoms with E-state index < -0.39 is 11.7 Å². The Morgan fingerprint density at radius 1 is 1.13 bits per heavy atom. The molecular formula is C22H17F3N4O2. The first-order valence-corrected chi connectivity index (χ1v) is 9.42. The fourth-order valence-corrected chi connectivity index (χ4v) is 3.34. The van der Waals surface area contributed by atoms with E-state index in [9.17, 15) is 18.0 Å². The van der Waals surface area contributed by atoms with Gasteiger partial charge >= 0.3 is 6.18 Å². The van der Waals surface area contributed by atoms with Crippen LogP contribution in [0, 0.1) is 11.8 Å². The molecule has 158 valence electrons. The van der Waals surface area contributed by atoms with Crippen molar-refractivity contribution in [2.45, 2.75) is 25.7 Å². The molecule has 0 bridgehead atoms. The molecule has 0 fully saturated rings. The topological polar surface area (TPSA) is 71.2 Å². The summed E-state index contributed by atoms with van der Waals surface area (Å²) < 4.78 is 40.1. The molecule has 4 rings (SSSR count). The molecule has 0 saturated carbocycles. The van der Waals surface area contributed by atoms with Crippen molar-refractivity contribution in [1.82, 2.24) is 14.8 Å². The number of aliphatic hydroxyl groups is 1. The second kappa shape index (κ2) is 7.89. The van der Waals surface area contributed by atoms with Gasteiger partial charge in [0.25, 0.3) is 5.91 Å². The van der Waals surface area contributed by atoms with Crippen molar-refractivity contribution >= 4 is 11.6 Å². The third kappa shape index (κ3) is 4.02. The number of hydrogen-bond acceptors (Lipinski definition) is 4. The van der Waals surface area contributed by atoms with Crippen molar-refractivity contribution in [1.29, 1.82) is 0 Å². The van der Waals surface area contributed by atoms with Crippen molar-refractivity contribution in [2.24, 2.45) is 0 Å². The lowest BCUT2D eigenvalue weighted by molar-refractivity contribution is -0.137. The number of carbonyl (C=O) groups is 1. The Kier molecular flexibility index (Phi) is 5.25. The summed E-state index contributed by atoms with van der Waals surface area (Å²) in [5.74, 6) is 5.46. The number of benzene rings is 1. The van der Waals surface area contributed by atoms with Gasteiger partial charge in [-0.1, -0.05) is 11.8 Å². The Balaban J connectivity index is 1.65. The fraction of sp³-hybridized carbons (Fsp3) is 0.227. The van der Waals surface area contributed by atoms with Gasteiger partial charge in [0.2, 0.25) is 0 Å². The number of aliphatic hydroxyl groups excluding tert-OH is 1. The fourth-order valence-electron chi connectivity index (χ4n) is 3.34. The van der Waals surface area contributed by atoms with Gasteiger partial charge in [0.05, 0.1) is 35.7 Å². The molecule has 1 aliphatic rings. The van der Waals surface area contributed by atoms with Crippen LogP contribution in [0.25, 0.3) is 0 Å². The van der Waals surface area contributed by atoms with Gasteiger partial charge in [0.1, 0.15) is 5.69 Å². The van der Waals surface area contributed by atoms with Crippen molar-refractivity contribution in [2.75, 3.05) is 11.4 Å². The van der Waals surface area contributed by atoms with E-state index in [1.807, 2.05) is 6.92 Å². The Bertz CT molecular complexity index is 1170. The van der Waals surface area contributed by atoms with Crippen LogP contribution in [0.5, 0.6) is 0 Å². The molecule has 2 aromatic heterocycles. The molecule has 1 atom stereocenters. The second-order valence-corrected chi connectivity index (χ2v) is 7.11. The van der Waals surface area contributed by atoms with Gasteiger partial charge in [0, 0.05) is 24.0 Å². The first-order valence-electron chi connectivity index (χ1n) is 9.42. The number of hydrogen-bond donors (Lipinski definition) is 1. The molecule has 3 aromatic rings. The van der Waals surface area contributed by atoms with Crippen molar-refractivity contribution in [3.05, 3.63) is 76.9 Å². The molecule has 0 unspecified atom stereocenters. The number of nitrogens with zero attached hydrogens (tertiary/aromatic N) is 4. The van der Waals surface area contributed by atoms with E-state index in [-0.39, 0.29) is 30.8 Å². The summed E-state index contributed by atoms with van der Waals surface area (Å²) in [6.45, 7) is 1.98. The third-order valence-corrected chi connectivity index (χ3v) is 4.94. The van der Waals surface area contributed by atoms with E-state index in [0.717, 1.165) is 12.1 Å². The molecule has 6 nitrogen and oxygen atoms in total. The summed E-state index contributed by atoms with van der Waals surface area (Å²) in [4.78, 5) is 18.7. The van der Waals surface area contributed by atoms with E-state index >= 15 is 0 Å². The number of fused-ring (bicyclic) bond motifs is 1. The SMILES string of the molecule is C[C@H]1CN(c2ccc(C(F)(F)F)cc2)C(=O)c2c(C#Cc3ccc(CO)nc3)cnn21. The second-order valence-electron chi connectivity index (χ2n) is 7.11. The molecule has 1 N–H and O–H groups in total. The summed E-state index contributed by atoms with van der Waals surface area (Å²) in [5.41, 5.74) is 1.43. The van der Waals surface area contributed by atoms with Crippen molar-refractivity contribution in [3.8, 4) is 11.8 Å². The van der Waals surface area contributed by atoms with Gasteiger partial charge in [-0.15, -0.1) is 0 Å². The van der Waals surface area contributed by atoms with E-state index in [1.165, 1.54) is 29.4 Å². The lowest BCUT2D eigenvalue weighted by Crippen LogP contribution is -2.43. The number of pyridine rings is 1. The van der Waals surface area contributed by atoms with Crippen LogP contribution in [0.15, 0.2) is 48.8 Å². The monoisotopic (exact) mass is 426 g/mol. The number of amides is 1. The molecule has 1 amide bonds. The summed E-state index contributed by atoms with van der Waals surface area (Å²) in [6, 6.07) is 7.68. The molecule has 0 aliphatic carbocycles. The predicted molar refractivity (Wildman–Crippen MR) is 106 cm³/mol. The standard InChI is InChI=1S/C22H17F3N4O2/c1-14-12-28(19-8-5-17(6-9-19)22(23,24)25)21(31)20-16(11-27-29(14)20)4-2-15-3-7-18(13-30)26-10-15/h3,5-11,14,30H,12-13H2,1H3/t14-/m0/s1. The summed E-state index contributed by atoms with van der Waals surface area (Å²) in [7, 11) is 0. The zero-order chi connectivity index (χ0) is 22.2. The van der Waals surface area contributed by atoms with Crippen LogP contribution in [-0.2, 0) is 12.8 Å². The quantitative estimate of drug-likeness (QED) is 0.638. The lowest BCUT2D eigenvalue weighted by atomic mass is 10.1. The Labute approximate surface area is 175 Å². The van der Waals surface area contributed by atoms with Gasteiger partial charge in [-0.2, -0.15) is 18.3 Å². The highest BCUT2D eigenvalue weighted by molar-refractivity contribution is 6.07. The zero-order valence-corrected chi connectivity index (χ0v) is 16.4. The summed E-state index contributed by atoms with van der Waals surface area (Å²) in [5, 5.41) is 13.3. The highest BCUT2D eigenvalue weighted by atomic mass is 19.4. The normalized spacial score (nSPS) is 16.0. The smallest absolute Gasteiger partial charge is 0.390 e. The van der Waals surface area contributed by atoms with Gasteiger partial charge in [0.15, 0.2) is 0 Å². The van der Waals surface area contributed by atoms with E-state index in [2.05, 4.69) is 21.9 Å². The molecule has 1 aliphatic heterocycles. The van der Waals surface area contributed by atoms with Crippen LogP contribution >= 0.6 is 0 Å². The third-order valence-electron chi connectivity index (χ3n) is 4.94. The molecule has 0 saturated heterocycles. The lowest BCUT2D eigenvalue weighted by Gasteiger charge is -2.32. The Morgan fingerprint density at radius 3 is 2.48 bits per heavy atom. The van der Waals surface area contributed by atoms with Crippen molar-refractivity contribution < 1.29 is 23.1 Å². The maximum absolute atomic E-state index is 13.2. The van der Waals surface area contributed by atoms with Crippen LogP contribution in [0.1, 0.15) is 45.8 Å². The number of aromatic nitrogens is 3. The largest absolute Gasteiger partial charge is 0.416 e. The molecule has 1 aromatic carbocycles. The van der Waals surface area contributed by atoms with E-state index in [0.29, 0.717) is 22.5 Å². The highest BCUT2D eigenvalue weighted by Crippen LogP contribution is 2.32. The Morgan fingerprint density at radius 2 is 1.87 bits per heavy atom. The average Bonchev–Trinajstić information content (AvgIpc) is 3.19. The molecule has 31 heavy (non-hydrogen) atoms. The van der Waals surface area contributed by atoms with Crippen LogP contribution in [0.3, 0.4) is 0 Å². The molecule has 9 heteroatoms. The highest BCUT2D eigenvalue weighted by Gasteiger charge is 2.34. The first-order chi connectivity index (χ1) is 14.8. The van der Waals surface area contributed by atoms with Gasteiger partial charge < -0.3 is 10.0 Å². The van der Waals surface area contributed by atoms with E-state index in [4.69, 9.17) is 5.11 Å². The van der Waals surface area contributed by atoms with Crippen LogP contribution in [-0.4, -0.2) is 32.3 Å². The van der Waals surface area contributed by atoms with Gasteiger partial charge in [-0.25, -0.2) is 0 Å². The van der Waals surface area contributed by atoms with Crippen LogP contribution < -0.4 is 4.90 Å². The minimum absolute atomic E-state index is 0.170. The summed E-state index contributed by atoms with van der Waals surface area (Å²) in [6.07, 6.45) is -1.42. The number of rotatable bonds is 2. The molecule has 3 heterocycles. The first kappa shape index (κ1) is 20.6. The molecule has 0 spiro atoms. The number of anilines is 1. The van der Waals surface area contributed by atoms with Gasteiger partial charge in [-0.05, 0) is 43.3 Å². The number of alkyl halides is 3. The van der Waals surface area contributed by atoms with Crippen LogP contribution in [0.2, 0.25) is 0 Å². The Hall–Kier alpha value is -3.64. The minimum atomic E-state index is -4.44. The minimum Gasteiger partial charge on any atom is -0.390 e. The average molecular weight is 426 g/mol. The summed E-state index contributed by atoms with van der Waals surface area (Å²) >= 11 is 0. The van der Waals surface area contributed by atoms with Gasteiger partial charge in [-0.3, -0.25) is 14.5 Å². The maximum Gasteiger partial charge on any atom is 0.416 e. The van der Waals surface area contributed by atoms with E-state index in [1.54, 1.807) is 16.8 Å². The molecule has 0 radical (unpaired) electrons. The van der Waals surface area contributed by atoms with Crippen LogP contribution in [0.4, 0.5) is 18.9 Å².